The molecule has 0 saturated carbocycles. The second-order valence-electron chi connectivity index (χ2n) is 9.68. The lowest BCUT2D eigenvalue weighted by atomic mass is 10.0. The van der Waals surface area contributed by atoms with E-state index in [2.05, 4.69) is 121 Å². The van der Waals surface area contributed by atoms with Crippen molar-refractivity contribution in [1.29, 1.82) is 0 Å². The molecule has 3 nitrogen and oxygen atoms in total. The van der Waals surface area contributed by atoms with Crippen molar-refractivity contribution >= 4 is 52.9 Å². The molecule has 0 unspecified atom stereocenters. The van der Waals surface area contributed by atoms with Crippen LogP contribution in [-0.4, -0.2) is 15.0 Å². The summed E-state index contributed by atoms with van der Waals surface area (Å²) in [4.78, 5) is 16.2. The zero-order valence-corrected chi connectivity index (χ0v) is 22.9. The molecule has 3 aromatic heterocycles. The number of rotatable bonds is 4. The van der Waals surface area contributed by atoms with Gasteiger partial charge in [0.05, 0.1) is 4.88 Å². The van der Waals surface area contributed by atoms with E-state index in [0.29, 0.717) is 17.5 Å². The van der Waals surface area contributed by atoms with Crippen molar-refractivity contribution in [3.63, 3.8) is 0 Å². The van der Waals surface area contributed by atoms with Gasteiger partial charge in [-0.3, -0.25) is 0 Å². The van der Waals surface area contributed by atoms with Crippen LogP contribution in [-0.2, 0) is 0 Å². The minimum absolute atomic E-state index is 0.676. The van der Waals surface area contributed by atoms with E-state index in [0.717, 1.165) is 16.0 Å². The maximum atomic E-state index is 5.07. The van der Waals surface area contributed by atoms with E-state index in [9.17, 15) is 0 Å². The summed E-state index contributed by atoms with van der Waals surface area (Å²) >= 11 is 3.51. The molecule has 0 aliphatic carbocycles. The van der Waals surface area contributed by atoms with Gasteiger partial charge in [0.25, 0.3) is 0 Å². The summed E-state index contributed by atoms with van der Waals surface area (Å²) in [6.07, 6.45) is 0. The summed E-state index contributed by atoms with van der Waals surface area (Å²) in [5.41, 5.74) is 4.35. The fourth-order valence-electron chi connectivity index (χ4n) is 5.19. The van der Waals surface area contributed by atoms with Gasteiger partial charge >= 0.3 is 0 Å². The average Bonchev–Trinajstić information content (AvgIpc) is 3.63. The Bertz CT molecular complexity index is 2130. The van der Waals surface area contributed by atoms with Crippen molar-refractivity contribution in [3.05, 3.63) is 127 Å². The molecule has 0 fully saturated rings. The predicted octanol–water partition coefficient (Wildman–Crippen LogP) is 10.1. The summed E-state index contributed by atoms with van der Waals surface area (Å²) in [6, 6.07) is 44.5. The van der Waals surface area contributed by atoms with Gasteiger partial charge in [-0.25, -0.2) is 15.0 Å². The van der Waals surface area contributed by atoms with Crippen LogP contribution in [0.15, 0.2) is 127 Å². The largest absolute Gasteiger partial charge is 0.208 e. The Labute approximate surface area is 239 Å². The van der Waals surface area contributed by atoms with Gasteiger partial charge in [0, 0.05) is 36.0 Å². The second kappa shape index (κ2) is 9.49. The monoisotopic (exact) mass is 547 g/mol. The number of thiophene rings is 2. The van der Waals surface area contributed by atoms with E-state index < -0.39 is 0 Å². The van der Waals surface area contributed by atoms with Crippen molar-refractivity contribution in [2.75, 3.05) is 0 Å². The van der Waals surface area contributed by atoms with Gasteiger partial charge in [-0.2, -0.15) is 0 Å². The summed E-state index contributed by atoms with van der Waals surface area (Å²) < 4.78 is 3.68. The molecule has 3 heterocycles. The SMILES string of the molecule is c1ccc(-c2ccc(-c3nc(-c4cc5ccccc5s4)nc(-c4cccc5c4sc4ccccc45)n3)cc2)cc1. The van der Waals surface area contributed by atoms with E-state index in [1.807, 2.05) is 6.07 Å². The molecule has 0 bridgehead atoms. The van der Waals surface area contributed by atoms with Gasteiger partial charge in [0.15, 0.2) is 17.5 Å². The Balaban J connectivity index is 1.33. The molecule has 40 heavy (non-hydrogen) atoms. The molecule has 8 rings (SSSR count). The van der Waals surface area contributed by atoms with Gasteiger partial charge in [-0.15, -0.1) is 22.7 Å². The zero-order valence-electron chi connectivity index (χ0n) is 21.3. The van der Waals surface area contributed by atoms with Gasteiger partial charge in [0.2, 0.25) is 0 Å². The third-order valence-corrected chi connectivity index (χ3v) is 9.51. The van der Waals surface area contributed by atoms with E-state index in [1.54, 1.807) is 22.7 Å². The minimum Gasteiger partial charge on any atom is -0.208 e. The molecular formula is C35H21N3S2. The lowest BCUT2D eigenvalue weighted by Crippen LogP contribution is -1.99. The number of hydrogen-bond donors (Lipinski definition) is 0. The maximum Gasteiger partial charge on any atom is 0.174 e. The topological polar surface area (TPSA) is 38.7 Å². The molecule has 5 heteroatoms. The molecule has 0 radical (unpaired) electrons. The van der Waals surface area contributed by atoms with E-state index in [-0.39, 0.29) is 0 Å². The van der Waals surface area contributed by atoms with Crippen LogP contribution in [0.25, 0.3) is 74.9 Å². The fourth-order valence-corrected chi connectivity index (χ4v) is 7.40. The highest BCUT2D eigenvalue weighted by molar-refractivity contribution is 7.26. The maximum absolute atomic E-state index is 5.07. The highest BCUT2D eigenvalue weighted by Gasteiger charge is 2.17. The van der Waals surface area contributed by atoms with Gasteiger partial charge in [0.1, 0.15) is 0 Å². The van der Waals surface area contributed by atoms with Crippen molar-refractivity contribution in [2.45, 2.75) is 0 Å². The Hall–Kier alpha value is -4.71. The smallest absolute Gasteiger partial charge is 0.174 e. The average molecular weight is 548 g/mol. The predicted molar refractivity (Wildman–Crippen MR) is 170 cm³/mol. The summed E-state index contributed by atoms with van der Waals surface area (Å²) in [7, 11) is 0. The summed E-state index contributed by atoms with van der Waals surface area (Å²) in [6.45, 7) is 0. The number of aromatic nitrogens is 3. The van der Waals surface area contributed by atoms with E-state index >= 15 is 0 Å². The highest BCUT2D eigenvalue weighted by atomic mass is 32.1. The molecule has 0 saturated heterocycles. The van der Waals surface area contributed by atoms with Crippen molar-refractivity contribution < 1.29 is 0 Å². The number of hydrogen-bond acceptors (Lipinski definition) is 5. The number of nitrogens with zero attached hydrogens (tertiary/aromatic N) is 3. The Morgan fingerprint density at radius 3 is 1.93 bits per heavy atom. The van der Waals surface area contributed by atoms with Crippen LogP contribution in [0.4, 0.5) is 0 Å². The molecule has 5 aromatic carbocycles. The summed E-state index contributed by atoms with van der Waals surface area (Å²) in [5.74, 6) is 2.07. The van der Waals surface area contributed by atoms with Gasteiger partial charge in [-0.1, -0.05) is 103 Å². The fraction of sp³-hybridized carbons (Fsp3) is 0. The lowest BCUT2D eigenvalue weighted by molar-refractivity contribution is 1.08. The molecule has 0 atom stereocenters. The molecule has 0 spiro atoms. The Morgan fingerprint density at radius 1 is 0.425 bits per heavy atom. The van der Waals surface area contributed by atoms with Crippen LogP contribution in [0.5, 0.6) is 0 Å². The molecule has 188 valence electrons. The standard InChI is InChI=1S/C35H21N3S2/c1-2-9-22(10-3-1)23-17-19-24(20-18-23)33-36-34(38-35(37-33)31-21-25-11-4-6-15-29(25)39-31)28-14-8-13-27-26-12-5-7-16-30(26)40-32(27)28/h1-21H. The van der Waals surface area contributed by atoms with E-state index in [1.165, 1.54) is 41.4 Å². The third-order valence-electron chi connectivity index (χ3n) is 7.18. The van der Waals surface area contributed by atoms with Crippen molar-refractivity contribution in [1.82, 2.24) is 15.0 Å². The van der Waals surface area contributed by atoms with E-state index in [4.69, 9.17) is 15.0 Å². The quantitative estimate of drug-likeness (QED) is 0.220. The highest BCUT2D eigenvalue weighted by Crippen LogP contribution is 2.40. The zero-order chi connectivity index (χ0) is 26.5. The number of benzene rings is 5. The molecule has 0 aliphatic rings. The normalized spacial score (nSPS) is 11.5. The molecule has 0 amide bonds. The van der Waals surface area contributed by atoms with Gasteiger partial charge in [-0.05, 0) is 40.8 Å². The van der Waals surface area contributed by atoms with Crippen LogP contribution in [0.3, 0.4) is 0 Å². The van der Waals surface area contributed by atoms with Crippen LogP contribution in [0.2, 0.25) is 0 Å². The van der Waals surface area contributed by atoms with Crippen LogP contribution in [0.1, 0.15) is 0 Å². The Kier molecular flexibility index (Phi) is 5.50. The van der Waals surface area contributed by atoms with Crippen molar-refractivity contribution in [2.24, 2.45) is 0 Å². The first-order valence-electron chi connectivity index (χ1n) is 13.1. The van der Waals surface area contributed by atoms with Crippen molar-refractivity contribution in [3.8, 4) is 44.6 Å². The first-order chi connectivity index (χ1) is 19.8. The third kappa shape index (κ3) is 3.99. The molecular weight excluding hydrogens is 527 g/mol. The second-order valence-corrected chi connectivity index (χ2v) is 11.8. The first-order valence-corrected chi connectivity index (χ1v) is 14.7. The summed E-state index contributed by atoms with van der Waals surface area (Å²) in [5, 5.41) is 3.69. The minimum atomic E-state index is 0.676. The molecule has 8 aromatic rings. The van der Waals surface area contributed by atoms with Crippen LogP contribution in [0, 0.1) is 0 Å². The first kappa shape index (κ1) is 23.2. The van der Waals surface area contributed by atoms with Crippen LogP contribution < -0.4 is 0 Å². The van der Waals surface area contributed by atoms with Crippen LogP contribution >= 0.6 is 22.7 Å². The lowest BCUT2D eigenvalue weighted by Gasteiger charge is -2.09. The Morgan fingerprint density at radius 2 is 1.07 bits per heavy atom. The number of fused-ring (bicyclic) bond motifs is 4. The molecule has 0 N–H and O–H groups in total. The molecule has 0 aliphatic heterocycles. The van der Waals surface area contributed by atoms with Gasteiger partial charge < -0.3 is 0 Å².